The molecule has 24 heavy (non-hydrogen) atoms. The number of ether oxygens (including phenoxy) is 1. The molecule has 1 aliphatic carbocycles. The maximum absolute atomic E-state index is 13.4. The fourth-order valence-corrected chi connectivity index (χ4v) is 4.34. The number of methoxy groups -OCH3 is 1. The zero-order valence-corrected chi connectivity index (χ0v) is 14.5. The molecule has 0 N–H and O–H groups in total. The Balaban J connectivity index is 1.66. The van der Waals surface area contributed by atoms with Crippen LogP contribution in [0.3, 0.4) is 0 Å². The maximum Gasteiger partial charge on any atom is 0.148 e. The first-order valence-electron chi connectivity index (χ1n) is 8.33. The lowest BCUT2D eigenvalue weighted by molar-refractivity contribution is 0.0686. The SMILES string of the molecule is COC1(c2nsc3cc(F)ccc23)C=C[C](N2CCCCC2)C=C1. The van der Waals surface area contributed by atoms with Gasteiger partial charge in [0.05, 0.1) is 10.7 Å². The molecule has 4 rings (SSSR count). The predicted molar refractivity (Wildman–Crippen MR) is 95.2 cm³/mol. The number of hydrogen-bond donors (Lipinski definition) is 0. The summed E-state index contributed by atoms with van der Waals surface area (Å²) in [4.78, 5) is 2.42. The first kappa shape index (κ1) is 15.9. The summed E-state index contributed by atoms with van der Waals surface area (Å²) in [5, 5.41) is 0.943. The second-order valence-electron chi connectivity index (χ2n) is 6.31. The molecule has 1 aromatic heterocycles. The summed E-state index contributed by atoms with van der Waals surface area (Å²) in [6.07, 6.45) is 12.2. The van der Waals surface area contributed by atoms with Gasteiger partial charge in [-0.05, 0) is 67.8 Å². The Morgan fingerprint density at radius 1 is 1.17 bits per heavy atom. The standard InChI is InChI=1S/C19H20FN2OS/c1-23-19(18-16-6-5-14(20)13-17(16)24-21-18)9-7-15(8-10-19)22-11-3-2-4-12-22/h5-10,13H,2-4,11-12H2,1H3. The van der Waals surface area contributed by atoms with Gasteiger partial charge < -0.3 is 4.74 Å². The molecular formula is C19H20FN2OS. The van der Waals surface area contributed by atoms with Crippen LogP contribution in [0.1, 0.15) is 25.0 Å². The average molecular weight is 343 g/mol. The number of hydrogen-bond acceptors (Lipinski definition) is 4. The lowest BCUT2D eigenvalue weighted by Crippen LogP contribution is -2.35. The molecule has 1 radical (unpaired) electrons. The van der Waals surface area contributed by atoms with Gasteiger partial charge in [-0.2, -0.15) is 4.37 Å². The Labute approximate surface area is 145 Å². The smallest absolute Gasteiger partial charge is 0.148 e. The number of likely N-dealkylation sites (tertiary alicyclic amines) is 1. The fraction of sp³-hybridized carbons (Fsp3) is 0.368. The quantitative estimate of drug-likeness (QED) is 0.825. The largest absolute Gasteiger partial charge is 0.364 e. The van der Waals surface area contributed by atoms with Gasteiger partial charge in [0, 0.05) is 12.5 Å². The number of fused-ring (bicyclic) bond motifs is 1. The molecule has 3 nitrogen and oxygen atoms in total. The van der Waals surface area contributed by atoms with Gasteiger partial charge in [-0.1, -0.05) is 18.6 Å². The summed E-state index contributed by atoms with van der Waals surface area (Å²) < 4.78 is 24.7. The Hall–Kier alpha value is -1.56. The van der Waals surface area contributed by atoms with Gasteiger partial charge in [-0.25, -0.2) is 4.39 Å². The zero-order valence-electron chi connectivity index (χ0n) is 13.7. The summed E-state index contributed by atoms with van der Waals surface area (Å²) in [5.74, 6) is -0.236. The first-order chi connectivity index (χ1) is 11.7. The minimum absolute atomic E-state index is 0.236. The van der Waals surface area contributed by atoms with E-state index in [0.29, 0.717) is 0 Å². The van der Waals surface area contributed by atoms with E-state index in [1.807, 2.05) is 0 Å². The molecule has 125 valence electrons. The van der Waals surface area contributed by atoms with E-state index in [9.17, 15) is 4.39 Å². The molecule has 0 spiro atoms. The van der Waals surface area contributed by atoms with Crippen molar-refractivity contribution in [3.05, 3.63) is 60.1 Å². The first-order valence-corrected chi connectivity index (χ1v) is 9.10. The Morgan fingerprint density at radius 3 is 2.62 bits per heavy atom. The van der Waals surface area contributed by atoms with Crippen molar-refractivity contribution in [3.63, 3.8) is 0 Å². The Bertz CT molecular complexity index is 778. The lowest BCUT2D eigenvalue weighted by Gasteiger charge is -2.34. The van der Waals surface area contributed by atoms with Crippen molar-refractivity contribution in [2.45, 2.75) is 24.9 Å². The van der Waals surface area contributed by atoms with Crippen LogP contribution in [-0.4, -0.2) is 29.5 Å². The number of halogens is 1. The van der Waals surface area contributed by atoms with Crippen LogP contribution in [0.15, 0.2) is 42.5 Å². The average Bonchev–Trinajstić information content (AvgIpc) is 3.06. The number of aromatic nitrogens is 1. The van der Waals surface area contributed by atoms with Gasteiger partial charge in [0.25, 0.3) is 0 Å². The van der Waals surface area contributed by atoms with Crippen molar-refractivity contribution in [3.8, 4) is 0 Å². The van der Waals surface area contributed by atoms with Gasteiger partial charge in [-0.3, -0.25) is 4.90 Å². The van der Waals surface area contributed by atoms with Crippen LogP contribution in [0, 0.1) is 11.9 Å². The Kier molecular flexibility index (Phi) is 4.24. The molecular weight excluding hydrogens is 323 g/mol. The van der Waals surface area contributed by atoms with Crippen LogP contribution >= 0.6 is 11.5 Å². The third-order valence-corrected chi connectivity index (χ3v) is 5.67. The molecule has 1 saturated heterocycles. The van der Waals surface area contributed by atoms with Crippen molar-refractivity contribution in [1.82, 2.24) is 9.27 Å². The van der Waals surface area contributed by atoms with Crippen molar-refractivity contribution in [2.24, 2.45) is 0 Å². The highest BCUT2D eigenvalue weighted by Crippen LogP contribution is 2.39. The van der Waals surface area contributed by atoms with E-state index in [1.54, 1.807) is 13.2 Å². The summed E-state index contributed by atoms with van der Waals surface area (Å²) in [7, 11) is 1.69. The van der Waals surface area contributed by atoms with Crippen LogP contribution in [0.25, 0.3) is 10.1 Å². The molecule has 1 fully saturated rings. The number of nitrogens with zero attached hydrogens (tertiary/aromatic N) is 2. The number of benzene rings is 1. The second-order valence-corrected chi connectivity index (χ2v) is 7.11. The van der Waals surface area contributed by atoms with Gasteiger partial charge in [-0.15, -0.1) is 0 Å². The topological polar surface area (TPSA) is 25.4 Å². The lowest BCUT2D eigenvalue weighted by atomic mass is 9.89. The molecule has 0 saturated carbocycles. The summed E-state index contributed by atoms with van der Waals surface area (Å²) in [6.45, 7) is 2.23. The molecule has 2 aliphatic rings. The second kappa shape index (κ2) is 6.39. The Morgan fingerprint density at radius 2 is 1.92 bits per heavy atom. The number of piperidine rings is 1. The highest BCUT2D eigenvalue weighted by atomic mass is 32.1. The molecule has 0 amide bonds. The van der Waals surface area contributed by atoms with E-state index in [2.05, 4.69) is 33.6 Å². The summed E-state index contributed by atoms with van der Waals surface area (Å²) >= 11 is 1.31. The molecule has 0 atom stereocenters. The van der Waals surface area contributed by atoms with Crippen molar-refractivity contribution < 1.29 is 9.13 Å². The summed E-state index contributed by atoms with van der Waals surface area (Å²) in [6, 6.07) is 6.02. The normalized spacial score (nSPS) is 21.6. The maximum atomic E-state index is 13.4. The molecule has 2 heterocycles. The van der Waals surface area contributed by atoms with E-state index in [1.165, 1.54) is 49.0 Å². The van der Waals surface area contributed by atoms with E-state index in [-0.39, 0.29) is 5.82 Å². The predicted octanol–water partition coefficient (Wildman–Crippen LogP) is 4.42. The summed E-state index contributed by atoms with van der Waals surface area (Å²) in [5.41, 5.74) is 0.144. The van der Waals surface area contributed by atoms with Gasteiger partial charge in [0.15, 0.2) is 0 Å². The molecule has 1 aliphatic heterocycles. The molecule has 0 unspecified atom stereocenters. The van der Waals surface area contributed by atoms with Gasteiger partial charge >= 0.3 is 0 Å². The van der Waals surface area contributed by atoms with Crippen LogP contribution in [0.5, 0.6) is 0 Å². The van der Waals surface area contributed by atoms with Gasteiger partial charge in [0.2, 0.25) is 0 Å². The molecule has 2 aromatic rings. The van der Waals surface area contributed by atoms with E-state index >= 15 is 0 Å². The van der Waals surface area contributed by atoms with E-state index in [4.69, 9.17) is 4.74 Å². The monoisotopic (exact) mass is 343 g/mol. The van der Waals surface area contributed by atoms with Crippen LogP contribution in [-0.2, 0) is 10.3 Å². The van der Waals surface area contributed by atoms with Crippen LogP contribution in [0.4, 0.5) is 4.39 Å². The third-order valence-electron chi connectivity index (χ3n) is 4.87. The zero-order chi connectivity index (χ0) is 16.6. The van der Waals surface area contributed by atoms with Crippen molar-refractivity contribution in [1.29, 1.82) is 0 Å². The fourth-order valence-electron chi connectivity index (χ4n) is 3.48. The van der Waals surface area contributed by atoms with E-state index in [0.717, 1.165) is 28.9 Å². The molecule has 5 heteroatoms. The minimum atomic E-state index is -0.685. The van der Waals surface area contributed by atoms with E-state index < -0.39 is 5.60 Å². The van der Waals surface area contributed by atoms with Crippen molar-refractivity contribution >= 4 is 21.6 Å². The highest BCUT2D eigenvalue weighted by molar-refractivity contribution is 7.13. The number of rotatable bonds is 3. The molecule has 0 bridgehead atoms. The molecule has 1 aromatic carbocycles. The minimum Gasteiger partial charge on any atom is -0.364 e. The van der Waals surface area contributed by atoms with Gasteiger partial charge in [0.1, 0.15) is 17.1 Å². The van der Waals surface area contributed by atoms with Crippen LogP contribution in [0.2, 0.25) is 0 Å². The highest BCUT2D eigenvalue weighted by Gasteiger charge is 2.34. The van der Waals surface area contributed by atoms with Crippen LogP contribution < -0.4 is 0 Å². The van der Waals surface area contributed by atoms with Crippen molar-refractivity contribution in [2.75, 3.05) is 20.2 Å². The third kappa shape index (κ3) is 2.70.